The van der Waals surface area contributed by atoms with Crippen molar-refractivity contribution in [2.75, 3.05) is 40.9 Å². The van der Waals surface area contributed by atoms with E-state index in [-0.39, 0.29) is 31.3 Å². The van der Waals surface area contributed by atoms with E-state index < -0.39 is 26.6 Å². The van der Waals surface area contributed by atoms with E-state index in [0.717, 1.165) is 64.2 Å². The first kappa shape index (κ1) is 74.7. The maximum atomic E-state index is 13.5. The molecule has 3 atom stereocenters. The molecule has 0 saturated heterocycles. The lowest BCUT2D eigenvalue weighted by Crippen LogP contribution is -2.47. The molecule has 10 heteroatoms. The first-order valence-electron chi connectivity index (χ1n) is 32.6. The third kappa shape index (κ3) is 58.2. The van der Waals surface area contributed by atoms with E-state index in [1.165, 1.54) is 199 Å². The monoisotopic (exact) mass is 1100 g/mol. The first-order valence-corrected chi connectivity index (χ1v) is 34.1. The van der Waals surface area contributed by atoms with Gasteiger partial charge in [-0.05, 0) is 70.3 Å². The molecule has 450 valence electrons. The number of ether oxygens (including phenoxy) is 1. The predicted octanol–water partition coefficient (Wildman–Crippen LogP) is 19.6. The average molecular weight is 1100 g/mol. The average Bonchev–Trinajstić information content (AvgIpc) is 3.39. The highest BCUT2D eigenvalue weighted by Crippen LogP contribution is 2.38. The topological polar surface area (TPSA) is 114 Å². The van der Waals surface area contributed by atoms with Crippen molar-refractivity contribution >= 4 is 19.7 Å². The molecule has 9 nitrogen and oxygen atoms in total. The molecule has 0 aliphatic rings. The zero-order valence-corrected chi connectivity index (χ0v) is 52.3. The number of hydrogen-bond donors (Lipinski definition) is 1. The van der Waals surface area contributed by atoms with Gasteiger partial charge < -0.3 is 28.5 Å². The number of phosphoric ester groups is 1. The van der Waals surface area contributed by atoms with Crippen molar-refractivity contribution in [1.82, 2.24) is 5.32 Å². The van der Waals surface area contributed by atoms with Crippen LogP contribution in [-0.4, -0.2) is 69.4 Å². The Balaban J connectivity index is 5.16. The molecule has 0 aromatic rings. The number of amides is 1. The number of nitrogens with zero attached hydrogens (tertiary/aromatic N) is 1. The highest BCUT2D eigenvalue weighted by Gasteiger charge is 2.27. The van der Waals surface area contributed by atoms with Gasteiger partial charge in [0, 0.05) is 12.8 Å². The molecule has 0 aliphatic heterocycles. The Hall–Kier alpha value is -2.29. The van der Waals surface area contributed by atoms with Crippen LogP contribution >= 0.6 is 7.82 Å². The number of nitrogens with one attached hydrogen (secondary N) is 1. The summed E-state index contributed by atoms with van der Waals surface area (Å²) >= 11 is 0. The van der Waals surface area contributed by atoms with Crippen LogP contribution in [0, 0.1) is 0 Å². The number of unbranched alkanes of at least 4 members (excludes halogenated alkanes) is 35. The van der Waals surface area contributed by atoms with Crippen molar-refractivity contribution in [3.8, 4) is 0 Å². The quantitative estimate of drug-likeness (QED) is 0.0212. The largest absolute Gasteiger partial charge is 0.756 e. The van der Waals surface area contributed by atoms with Crippen molar-refractivity contribution in [2.45, 2.75) is 315 Å². The van der Waals surface area contributed by atoms with Gasteiger partial charge in [0.1, 0.15) is 19.3 Å². The Morgan fingerprint density at radius 2 is 0.805 bits per heavy atom. The van der Waals surface area contributed by atoms with Gasteiger partial charge in [0.25, 0.3) is 7.82 Å². The summed E-state index contributed by atoms with van der Waals surface area (Å²) in [6, 6.07) is -0.916. The highest BCUT2D eigenvalue weighted by molar-refractivity contribution is 7.45. The van der Waals surface area contributed by atoms with E-state index in [1.54, 1.807) is 0 Å². The van der Waals surface area contributed by atoms with Crippen LogP contribution in [-0.2, 0) is 27.9 Å². The molecule has 1 N–H and O–H groups in total. The summed E-state index contributed by atoms with van der Waals surface area (Å²) in [6.07, 6.45) is 72.1. The third-order valence-corrected chi connectivity index (χ3v) is 15.4. The van der Waals surface area contributed by atoms with Crippen molar-refractivity contribution in [3.63, 3.8) is 0 Å². The normalized spacial score (nSPS) is 14.0. The van der Waals surface area contributed by atoms with E-state index in [2.05, 4.69) is 74.7 Å². The Kier molecular flexibility index (Phi) is 55.3. The van der Waals surface area contributed by atoms with Gasteiger partial charge in [-0.25, -0.2) is 0 Å². The van der Waals surface area contributed by atoms with E-state index in [4.69, 9.17) is 13.8 Å². The number of esters is 1. The van der Waals surface area contributed by atoms with Crippen LogP contribution in [0.3, 0.4) is 0 Å². The van der Waals surface area contributed by atoms with Gasteiger partial charge in [0.05, 0.1) is 33.8 Å². The molecular formula is C67H125N2O7P. The van der Waals surface area contributed by atoms with Crippen molar-refractivity contribution in [1.29, 1.82) is 0 Å². The number of carbonyl (C=O) groups excluding carboxylic acids is 2. The SMILES string of the molecule is CCCCC/C=C\C/C=C\C/C=C\C/C=C\CCCC(=O)NC(COP(=O)([O-])OCC[N+](C)(C)C)C(/C=C\CCCCCCCCCCC)OC(=O)CCCCCCCCCCCCCCCCCCCCCCCCC. The van der Waals surface area contributed by atoms with Crippen molar-refractivity contribution in [3.05, 3.63) is 60.8 Å². The van der Waals surface area contributed by atoms with Crippen LogP contribution in [0.4, 0.5) is 0 Å². The summed E-state index contributed by atoms with van der Waals surface area (Å²) in [7, 11) is 1.16. The van der Waals surface area contributed by atoms with E-state index in [0.29, 0.717) is 17.4 Å². The van der Waals surface area contributed by atoms with Gasteiger partial charge in [-0.2, -0.15) is 0 Å². The molecule has 0 heterocycles. The summed E-state index contributed by atoms with van der Waals surface area (Å²) in [5, 5.41) is 3.00. The molecule has 3 unspecified atom stereocenters. The lowest BCUT2D eigenvalue weighted by atomic mass is 10.0. The first-order chi connectivity index (χ1) is 37.4. The number of rotatable bonds is 59. The Labute approximate surface area is 477 Å². The number of likely N-dealkylation sites (N-methyl/N-ethyl adjacent to an activating group) is 1. The van der Waals surface area contributed by atoms with E-state index in [9.17, 15) is 19.0 Å². The van der Waals surface area contributed by atoms with Gasteiger partial charge in [0.2, 0.25) is 5.91 Å². The lowest BCUT2D eigenvalue weighted by Gasteiger charge is -2.30. The van der Waals surface area contributed by atoms with Crippen LogP contribution in [0.5, 0.6) is 0 Å². The van der Waals surface area contributed by atoms with Crippen LogP contribution in [0.25, 0.3) is 0 Å². The summed E-state index contributed by atoms with van der Waals surface area (Å²) in [5.74, 6) is -0.597. The Morgan fingerprint density at radius 3 is 1.23 bits per heavy atom. The fourth-order valence-electron chi connectivity index (χ4n) is 9.40. The fourth-order valence-corrected chi connectivity index (χ4v) is 10.1. The van der Waals surface area contributed by atoms with E-state index >= 15 is 0 Å². The maximum Gasteiger partial charge on any atom is 0.306 e. The van der Waals surface area contributed by atoms with Crippen LogP contribution in [0.2, 0.25) is 0 Å². The fraction of sp³-hybridized carbons (Fsp3) is 0.821. The number of hydrogen-bond acceptors (Lipinski definition) is 7. The molecule has 0 fully saturated rings. The molecule has 77 heavy (non-hydrogen) atoms. The maximum absolute atomic E-state index is 13.5. The minimum atomic E-state index is -4.71. The second-order valence-electron chi connectivity index (χ2n) is 23.3. The predicted molar refractivity (Wildman–Crippen MR) is 330 cm³/mol. The van der Waals surface area contributed by atoms with Gasteiger partial charge in [-0.3, -0.25) is 14.2 Å². The molecule has 0 aromatic carbocycles. The zero-order valence-electron chi connectivity index (χ0n) is 51.4. The van der Waals surface area contributed by atoms with Crippen LogP contribution < -0.4 is 10.2 Å². The molecule has 0 bridgehead atoms. The minimum absolute atomic E-state index is 0.0323. The smallest absolute Gasteiger partial charge is 0.306 e. The lowest BCUT2D eigenvalue weighted by molar-refractivity contribution is -0.870. The van der Waals surface area contributed by atoms with Gasteiger partial charge in [-0.15, -0.1) is 0 Å². The molecule has 1 amide bonds. The molecule has 0 spiro atoms. The minimum Gasteiger partial charge on any atom is -0.756 e. The van der Waals surface area contributed by atoms with E-state index in [1.807, 2.05) is 33.3 Å². The van der Waals surface area contributed by atoms with Gasteiger partial charge in [-0.1, -0.05) is 281 Å². The zero-order chi connectivity index (χ0) is 56.4. The third-order valence-electron chi connectivity index (χ3n) is 14.5. The van der Waals surface area contributed by atoms with Crippen molar-refractivity contribution < 1.29 is 37.3 Å². The van der Waals surface area contributed by atoms with Gasteiger partial charge in [0.15, 0.2) is 0 Å². The molecular weight excluding hydrogens is 976 g/mol. The highest BCUT2D eigenvalue weighted by atomic mass is 31.2. The summed E-state index contributed by atoms with van der Waals surface area (Å²) in [5.41, 5.74) is 0. The summed E-state index contributed by atoms with van der Waals surface area (Å²) in [4.78, 5) is 40.0. The Bertz CT molecular complexity index is 1500. The summed E-state index contributed by atoms with van der Waals surface area (Å²) in [6.45, 7) is 6.79. The number of carbonyl (C=O) groups is 2. The number of phosphoric acid groups is 1. The van der Waals surface area contributed by atoms with Crippen molar-refractivity contribution in [2.24, 2.45) is 0 Å². The number of quaternary nitrogens is 1. The molecule has 0 radical (unpaired) electrons. The molecule has 0 aliphatic carbocycles. The standard InChI is InChI=1S/C67H125N2O7P/c1-7-10-13-16-19-22-25-27-29-31-32-33-34-35-36-38-40-42-45-48-51-54-57-60-67(71)76-65(58-55-52-49-46-43-24-21-18-15-12-9-3)64(63-75-77(72,73)74-62-61-69(4,5)6)68-66(70)59-56-53-50-47-44-41-39-37-30-28-26-23-20-17-14-11-8-2/h20,23,28,30,39,41,47,50,55,58,64-65H,7-19,21-22,24-27,29,31-38,40,42-46,48-49,51-54,56-57,59-63H2,1-6H3,(H-,68,70,72,73)/b23-20-,30-28-,41-39-,50-47-,58-55-. The molecule has 0 rings (SSSR count). The van der Waals surface area contributed by atoms with Crippen LogP contribution in [0.15, 0.2) is 60.8 Å². The number of allylic oxidation sites excluding steroid dienone is 9. The molecule has 0 saturated carbocycles. The second-order valence-corrected chi connectivity index (χ2v) is 24.7. The van der Waals surface area contributed by atoms with Gasteiger partial charge >= 0.3 is 5.97 Å². The Morgan fingerprint density at radius 1 is 0.455 bits per heavy atom. The van der Waals surface area contributed by atoms with Crippen LogP contribution in [0.1, 0.15) is 303 Å². The molecule has 0 aromatic heterocycles. The second kappa shape index (κ2) is 57.0. The summed E-state index contributed by atoms with van der Waals surface area (Å²) < 4.78 is 30.3.